The molecule has 0 spiro atoms. The Balaban J connectivity index is 1.32. The van der Waals surface area contributed by atoms with Crippen LogP contribution in [0.3, 0.4) is 0 Å². The zero-order valence-electron chi connectivity index (χ0n) is 17.4. The first-order valence-corrected chi connectivity index (χ1v) is 11.5. The third-order valence-electron chi connectivity index (χ3n) is 6.89. The van der Waals surface area contributed by atoms with E-state index in [4.69, 9.17) is 4.98 Å². The van der Waals surface area contributed by atoms with Gasteiger partial charge in [-0.15, -0.1) is 0 Å². The quantitative estimate of drug-likeness (QED) is 0.734. The molecule has 162 valence electrons. The smallest absolute Gasteiger partial charge is 0.240 e. The number of aryl methyl sites for hydroxylation is 2. The summed E-state index contributed by atoms with van der Waals surface area (Å²) in [5, 5.41) is 4.10. The Morgan fingerprint density at radius 1 is 1.23 bits per heavy atom. The second-order valence-corrected chi connectivity index (χ2v) is 9.96. The Kier molecular flexibility index (Phi) is 5.13. The Hall–Kier alpha value is -1.87. The maximum absolute atomic E-state index is 13.5. The highest BCUT2D eigenvalue weighted by Gasteiger charge is 2.52. The number of aromatic nitrogens is 3. The van der Waals surface area contributed by atoms with E-state index in [1.165, 1.54) is 18.0 Å². The number of hydrogen-bond donors (Lipinski definition) is 1. The standard InChI is InChI=1S/C21H28F2N6S/c1-13-10-24-20(25-18-7-14(2)27-30-18)26-19(13)28-11-21(12-28,9-17(22)23)29-5-3-15-8-16(15)4-6-29/h7,10,15-17H,3-6,8-9,11-12H2,1-2H3,(H,24,25,26). The summed E-state index contributed by atoms with van der Waals surface area (Å²) in [7, 11) is 0. The molecule has 0 amide bonds. The molecule has 1 N–H and O–H groups in total. The van der Waals surface area contributed by atoms with Gasteiger partial charge in [0, 0.05) is 31.3 Å². The number of nitrogens with one attached hydrogen (secondary N) is 1. The molecule has 3 fully saturated rings. The monoisotopic (exact) mass is 434 g/mol. The molecule has 2 aromatic rings. The van der Waals surface area contributed by atoms with E-state index in [9.17, 15) is 8.78 Å². The molecule has 2 aromatic heterocycles. The van der Waals surface area contributed by atoms with Crippen molar-refractivity contribution >= 4 is 28.3 Å². The third-order valence-corrected chi connectivity index (χ3v) is 7.69. The van der Waals surface area contributed by atoms with E-state index in [0.29, 0.717) is 19.0 Å². The Bertz CT molecular complexity index is 901. The number of likely N-dealkylation sites (tertiary alicyclic amines) is 1. The highest BCUT2D eigenvalue weighted by molar-refractivity contribution is 7.10. The lowest BCUT2D eigenvalue weighted by molar-refractivity contribution is -0.00394. The van der Waals surface area contributed by atoms with Gasteiger partial charge in [0.25, 0.3) is 0 Å². The average molecular weight is 435 g/mol. The number of alkyl halides is 2. The first kappa shape index (κ1) is 20.1. The lowest BCUT2D eigenvalue weighted by Gasteiger charge is -2.56. The average Bonchev–Trinajstić information content (AvgIpc) is 3.34. The molecule has 2 saturated heterocycles. The number of fused-ring (bicyclic) bond motifs is 1. The molecule has 9 heteroatoms. The number of halogens is 2. The van der Waals surface area contributed by atoms with Crippen LogP contribution in [0.15, 0.2) is 12.3 Å². The molecule has 3 aliphatic rings. The van der Waals surface area contributed by atoms with Gasteiger partial charge in [-0.3, -0.25) is 4.90 Å². The minimum atomic E-state index is -2.29. The molecule has 0 radical (unpaired) electrons. The van der Waals surface area contributed by atoms with Gasteiger partial charge in [0.1, 0.15) is 10.8 Å². The largest absolute Gasteiger partial charge is 0.352 e. The third kappa shape index (κ3) is 3.89. The minimum Gasteiger partial charge on any atom is -0.352 e. The summed E-state index contributed by atoms with van der Waals surface area (Å²) in [5.74, 6) is 3.02. The Labute approximate surface area is 179 Å². The molecule has 2 unspecified atom stereocenters. The van der Waals surface area contributed by atoms with Crippen molar-refractivity contribution in [1.82, 2.24) is 19.2 Å². The van der Waals surface area contributed by atoms with Crippen LogP contribution in [0.5, 0.6) is 0 Å². The van der Waals surface area contributed by atoms with Crippen LogP contribution in [0, 0.1) is 25.7 Å². The van der Waals surface area contributed by atoms with E-state index in [1.807, 2.05) is 19.9 Å². The van der Waals surface area contributed by atoms with E-state index < -0.39 is 12.0 Å². The van der Waals surface area contributed by atoms with E-state index >= 15 is 0 Å². The molecular formula is C21H28F2N6S. The van der Waals surface area contributed by atoms with Gasteiger partial charge >= 0.3 is 0 Å². The zero-order valence-corrected chi connectivity index (χ0v) is 18.3. The van der Waals surface area contributed by atoms with Crippen LogP contribution >= 0.6 is 11.5 Å². The topological polar surface area (TPSA) is 57.2 Å². The van der Waals surface area contributed by atoms with Crippen molar-refractivity contribution in [1.29, 1.82) is 0 Å². The van der Waals surface area contributed by atoms with Crippen molar-refractivity contribution in [3.63, 3.8) is 0 Å². The van der Waals surface area contributed by atoms with Gasteiger partial charge in [-0.1, -0.05) is 0 Å². The van der Waals surface area contributed by atoms with Gasteiger partial charge in [-0.05, 0) is 75.6 Å². The SMILES string of the molecule is Cc1cc(Nc2ncc(C)c(N3CC(CC(F)F)(N4CCC5CC5CC4)C3)n2)sn1. The highest BCUT2D eigenvalue weighted by Crippen LogP contribution is 2.48. The summed E-state index contributed by atoms with van der Waals surface area (Å²) in [6.07, 6.45) is 3.11. The van der Waals surface area contributed by atoms with Gasteiger partial charge < -0.3 is 10.2 Å². The maximum Gasteiger partial charge on any atom is 0.240 e. The van der Waals surface area contributed by atoms with Gasteiger partial charge in [0.2, 0.25) is 12.4 Å². The van der Waals surface area contributed by atoms with Crippen molar-refractivity contribution in [2.45, 2.75) is 51.5 Å². The van der Waals surface area contributed by atoms with Crippen LogP contribution in [0.2, 0.25) is 0 Å². The van der Waals surface area contributed by atoms with Gasteiger partial charge in [-0.2, -0.15) is 9.36 Å². The van der Waals surface area contributed by atoms with Crippen molar-refractivity contribution in [3.8, 4) is 0 Å². The first-order chi connectivity index (χ1) is 14.4. The van der Waals surface area contributed by atoms with E-state index in [-0.39, 0.29) is 6.42 Å². The number of rotatable bonds is 6. The van der Waals surface area contributed by atoms with Crippen molar-refractivity contribution in [2.75, 3.05) is 36.4 Å². The predicted octanol–water partition coefficient (Wildman–Crippen LogP) is 4.24. The number of nitrogens with zero attached hydrogens (tertiary/aromatic N) is 5. The van der Waals surface area contributed by atoms with Crippen LogP contribution in [0.1, 0.15) is 36.9 Å². The van der Waals surface area contributed by atoms with Crippen LogP contribution in [0.25, 0.3) is 0 Å². The molecule has 2 atom stereocenters. The normalized spacial score (nSPS) is 25.6. The second-order valence-electron chi connectivity index (χ2n) is 9.15. The molecule has 0 bridgehead atoms. The number of anilines is 3. The molecule has 4 heterocycles. The minimum absolute atomic E-state index is 0.0613. The molecule has 30 heavy (non-hydrogen) atoms. The van der Waals surface area contributed by atoms with E-state index in [2.05, 4.69) is 24.5 Å². The Morgan fingerprint density at radius 2 is 1.97 bits per heavy atom. The molecule has 1 aliphatic carbocycles. The first-order valence-electron chi connectivity index (χ1n) is 10.7. The van der Waals surface area contributed by atoms with E-state index in [1.54, 1.807) is 6.20 Å². The Morgan fingerprint density at radius 3 is 2.60 bits per heavy atom. The lowest BCUT2D eigenvalue weighted by Crippen LogP contribution is -2.71. The van der Waals surface area contributed by atoms with Crippen LogP contribution in [-0.4, -0.2) is 57.4 Å². The summed E-state index contributed by atoms with van der Waals surface area (Å²) in [6, 6.07) is 1.95. The molecule has 6 nitrogen and oxygen atoms in total. The predicted molar refractivity (Wildman–Crippen MR) is 115 cm³/mol. The number of hydrogen-bond acceptors (Lipinski definition) is 7. The summed E-state index contributed by atoms with van der Waals surface area (Å²) < 4.78 is 31.3. The van der Waals surface area contributed by atoms with Crippen molar-refractivity contribution in [2.24, 2.45) is 11.8 Å². The molecule has 5 rings (SSSR count). The van der Waals surface area contributed by atoms with Crippen LogP contribution < -0.4 is 10.2 Å². The zero-order chi connectivity index (χ0) is 20.9. The van der Waals surface area contributed by atoms with Crippen molar-refractivity contribution in [3.05, 3.63) is 23.5 Å². The van der Waals surface area contributed by atoms with Gasteiger partial charge in [0.05, 0.1) is 11.2 Å². The fraction of sp³-hybridized carbons (Fsp3) is 0.667. The van der Waals surface area contributed by atoms with Gasteiger partial charge in [-0.25, -0.2) is 13.8 Å². The maximum atomic E-state index is 13.5. The summed E-state index contributed by atoms with van der Waals surface area (Å²) in [4.78, 5) is 13.6. The van der Waals surface area contributed by atoms with Crippen molar-refractivity contribution < 1.29 is 8.78 Å². The molecule has 0 aromatic carbocycles. The van der Waals surface area contributed by atoms with Crippen LogP contribution in [-0.2, 0) is 0 Å². The lowest BCUT2D eigenvalue weighted by atomic mass is 9.83. The second kappa shape index (κ2) is 7.67. The van der Waals surface area contributed by atoms with Gasteiger partial charge in [0.15, 0.2) is 0 Å². The molecule has 2 aliphatic heterocycles. The molecule has 1 saturated carbocycles. The summed E-state index contributed by atoms with van der Waals surface area (Å²) in [5.41, 5.74) is 1.47. The highest BCUT2D eigenvalue weighted by atomic mass is 32.1. The summed E-state index contributed by atoms with van der Waals surface area (Å²) >= 11 is 1.37. The van der Waals surface area contributed by atoms with E-state index in [0.717, 1.165) is 59.8 Å². The summed E-state index contributed by atoms with van der Waals surface area (Å²) in [6.45, 7) is 7.01. The van der Waals surface area contributed by atoms with Crippen LogP contribution in [0.4, 0.5) is 25.5 Å². The fourth-order valence-corrected chi connectivity index (χ4v) is 5.81. The fourth-order valence-electron chi connectivity index (χ4n) is 5.15. The molecular weight excluding hydrogens is 406 g/mol.